The number of phenolic OH excluding ortho intramolecular Hbond substituents is 1. The lowest BCUT2D eigenvalue weighted by atomic mass is 9.86. The summed E-state index contributed by atoms with van der Waals surface area (Å²) in [4.78, 5) is 11.5. The van der Waals surface area contributed by atoms with Gasteiger partial charge >= 0.3 is 0 Å². The Bertz CT molecular complexity index is 1160. The molecule has 0 aromatic heterocycles. The summed E-state index contributed by atoms with van der Waals surface area (Å²) in [5, 5.41) is 12.2. The monoisotopic (exact) mass is 624 g/mol. The molecule has 0 bridgehead atoms. The zero-order valence-corrected chi connectivity index (χ0v) is 26.3. The number of amides is 1. The van der Waals surface area contributed by atoms with Crippen LogP contribution in [0.15, 0.2) is 85.5 Å². The second-order valence-corrected chi connectivity index (χ2v) is 9.20. The van der Waals surface area contributed by atoms with E-state index < -0.39 is 6.43 Å². The van der Waals surface area contributed by atoms with Gasteiger partial charge < -0.3 is 24.8 Å². The highest BCUT2D eigenvalue weighted by Gasteiger charge is 2.28. The van der Waals surface area contributed by atoms with Gasteiger partial charge in [0.15, 0.2) is 0 Å². The maximum atomic E-state index is 13.3. The molecule has 2 aromatic carbocycles. The second kappa shape index (κ2) is 22.9. The average Bonchev–Trinajstić information content (AvgIpc) is 3.01. The number of phenols is 1. The van der Waals surface area contributed by atoms with E-state index in [2.05, 4.69) is 30.1 Å². The number of ether oxygens (including phenoxy) is 2. The second-order valence-electron chi connectivity index (χ2n) is 8.90. The van der Waals surface area contributed by atoms with E-state index in [1.807, 2.05) is 49.2 Å². The number of benzene rings is 2. The smallest absolute Gasteiger partial charge is 0.263 e. The summed E-state index contributed by atoms with van der Waals surface area (Å²) >= 11 is 5.92. The minimum absolute atomic E-state index is 0.0376. The van der Waals surface area contributed by atoms with Crippen LogP contribution in [-0.4, -0.2) is 69.4 Å². The number of rotatable bonds is 16. The van der Waals surface area contributed by atoms with E-state index in [-0.39, 0.29) is 23.3 Å². The van der Waals surface area contributed by atoms with Crippen molar-refractivity contribution in [1.29, 1.82) is 0 Å². The Kier molecular flexibility index (Phi) is 20.9. The topological polar surface area (TPSA) is 71.0 Å². The molecule has 2 atom stereocenters. The van der Waals surface area contributed by atoms with Crippen LogP contribution >= 0.6 is 11.6 Å². The van der Waals surface area contributed by atoms with Crippen LogP contribution in [0.3, 0.4) is 0 Å². The number of hydrogen-bond acceptors (Lipinski definition) is 5. The van der Waals surface area contributed by atoms with Crippen molar-refractivity contribution in [1.82, 2.24) is 10.2 Å². The van der Waals surface area contributed by atoms with E-state index in [9.17, 15) is 23.1 Å². The molecule has 0 aliphatic heterocycles. The molecule has 6 nitrogen and oxygen atoms in total. The van der Waals surface area contributed by atoms with Crippen LogP contribution in [0.25, 0.3) is 5.70 Å². The van der Waals surface area contributed by atoms with Gasteiger partial charge in [-0.3, -0.25) is 9.18 Å². The first kappa shape index (κ1) is 39.3. The summed E-state index contributed by atoms with van der Waals surface area (Å²) in [6.07, 6.45) is 5.49. The molecule has 0 radical (unpaired) electrons. The number of carbonyl (C=O) groups is 1. The third kappa shape index (κ3) is 13.4. The predicted molar refractivity (Wildman–Crippen MR) is 171 cm³/mol. The number of nitrogens with zero attached hydrogens (tertiary/aromatic N) is 1. The van der Waals surface area contributed by atoms with Gasteiger partial charge in [-0.1, -0.05) is 62.6 Å². The third-order valence-electron chi connectivity index (χ3n) is 6.19. The molecule has 0 aliphatic rings. The fourth-order valence-corrected chi connectivity index (χ4v) is 4.23. The van der Waals surface area contributed by atoms with Crippen molar-refractivity contribution in [2.45, 2.75) is 32.2 Å². The van der Waals surface area contributed by atoms with Gasteiger partial charge in [0.05, 0.1) is 26.4 Å². The number of nitrogens with one attached hydrogen (secondary N) is 1. The lowest BCUT2D eigenvalue weighted by Crippen LogP contribution is -2.36. The fourth-order valence-electron chi connectivity index (χ4n) is 4.14. The largest absolute Gasteiger partial charge is 0.508 e. The number of hydrogen-bond donors (Lipinski definition) is 2. The molecule has 2 aromatic rings. The third-order valence-corrected chi connectivity index (χ3v) is 6.37. The van der Waals surface area contributed by atoms with Crippen LogP contribution in [0, 0.1) is 0 Å². The first-order valence-corrected chi connectivity index (χ1v) is 14.0. The summed E-state index contributed by atoms with van der Waals surface area (Å²) in [6.45, 7) is 13.5. The first-order valence-electron chi connectivity index (χ1n) is 13.5. The maximum Gasteiger partial charge on any atom is 0.263 e. The lowest BCUT2D eigenvalue weighted by molar-refractivity contribution is -0.109. The summed E-state index contributed by atoms with van der Waals surface area (Å²) in [6, 6.07) is 11.2. The van der Waals surface area contributed by atoms with Crippen molar-refractivity contribution in [3.8, 4) is 11.5 Å². The van der Waals surface area contributed by atoms with Crippen molar-refractivity contribution in [3.05, 3.63) is 102 Å². The molecule has 0 saturated heterocycles. The zero-order chi connectivity index (χ0) is 32.8. The van der Waals surface area contributed by atoms with Crippen molar-refractivity contribution in [3.63, 3.8) is 0 Å². The number of carbonyl (C=O) groups excluding carboxylic acids is 1. The Morgan fingerprint density at radius 3 is 2.30 bits per heavy atom. The van der Waals surface area contributed by atoms with E-state index in [0.717, 1.165) is 11.1 Å². The maximum absolute atomic E-state index is 13.3. The van der Waals surface area contributed by atoms with Gasteiger partial charge in [0.25, 0.3) is 6.43 Å². The normalized spacial score (nSPS) is 12.3. The summed E-state index contributed by atoms with van der Waals surface area (Å²) in [7, 11) is 4.00. The summed E-state index contributed by atoms with van der Waals surface area (Å²) < 4.78 is 46.4. The lowest BCUT2D eigenvalue weighted by Gasteiger charge is -2.37. The highest BCUT2D eigenvalue weighted by Crippen LogP contribution is 2.37. The van der Waals surface area contributed by atoms with E-state index >= 15 is 0 Å². The molecule has 2 unspecified atom stereocenters. The molecular weight excluding hydrogens is 581 g/mol. The Morgan fingerprint density at radius 2 is 1.79 bits per heavy atom. The molecular formula is C33H44ClF3N2O4. The number of likely N-dealkylation sites (N-methyl/N-ethyl adjacent to an activating group) is 1. The van der Waals surface area contributed by atoms with E-state index in [4.69, 9.17) is 16.3 Å². The number of halogens is 4. The first-order chi connectivity index (χ1) is 20.7. The van der Waals surface area contributed by atoms with Gasteiger partial charge in [0, 0.05) is 49.3 Å². The van der Waals surface area contributed by atoms with Crippen LogP contribution in [0.1, 0.15) is 42.9 Å². The Morgan fingerprint density at radius 1 is 1.16 bits per heavy atom. The fraction of sp³-hybridized carbons (Fsp3) is 0.364. The molecule has 43 heavy (non-hydrogen) atoms. The van der Waals surface area contributed by atoms with Gasteiger partial charge in [-0.25, -0.2) is 8.78 Å². The number of aromatic hydroxyl groups is 1. The van der Waals surface area contributed by atoms with Crippen LogP contribution in [0.5, 0.6) is 11.5 Å². The van der Waals surface area contributed by atoms with Crippen LogP contribution in [-0.2, 0) is 9.53 Å². The minimum Gasteiger partial charge on any atom is -0.508 e. The molecule has 1 amide bonds. The minimum atomic E-state index is -2.59. The van der Waals surface area contributed by atoms with Gasteiger partial charge in [-0.05, 0) is 42.3 Å². The quantitative estimate of drug-likeness (QED) is 0.0868. The molecule has 238 valence electrons. The van der Waals surface area contributed by atoms with Gasteiger partial charge in [0.1, 0.15) is 11.5 Å². The van der Waals surface area contributed by atoms with E-state index in [0.29, 0.717) is 56.2 Å². The van der Waals surface area contributed by atoms with Crippen LogP contribution < -0.4 is 10.1 Å². The van der Waals surface area contributed by atoms with E-state index in [1.54, 1.807) is 31.4 Å². The Balaban J connectivity index is 0.00000171. The molecule has 0 aliphatic carbocycles. The van der Waals surface area contributed by atoms with Crippen molar-refractivity contribution < 1.29 is 32.5 Å². The summed E-state index contributed by atoms with van der Waals surface area (Å²) in [5.41, 5.74) is 3.11. The number of methoxy groups -OCH3 is 1. The van der Waals surface area contributed by atoms with Crippen LogP contribution in [0.4, 0.5) is 13.2 Å². The molecule has 0 saturated carbocycles. The van der Waals surface area contributed by atoms with Gasteiger partial charge in [-0.15, -0.1) is 11.6 Å². The number of alkyl halides is 4. The number of allylic oxidation sites excluding steroid dienone is 3. The predicted octanol–water partition coefficient (Wildman–Crippen LogP) is 7.68. The molecule has 0 fully saturated rings. The van der Waals surface area contributed by atoms with Crippen LogP contribution in [0.2, 0.25) is 0 Å². The highest BCUT2D eigenvalue weighted by atomic mass is 35.5. The van der Waals surface area contributed by atoms with Gasteiger partial charge in [0.2, 0.25) is 6.41 Å². The molecule has 0 heterocycles. The molecule has 2 N–H and O–H groups in total. The Hall–Kier alpha value is -3.69. The highest BCUT2D eigenvalue weighted by molar-refractivity contribution is 6.18. The molecule has 10 heteroatoms. The Labute approximate surface area is 259 Å². The van der Waals surface area contributed by atoms with Crippen molar-refractivity contribution in [2.75, 3.05) is 47.0 Å². The van der Waals surface area contributed by atoms with Crippen molar-refractivity contribution in [2.24, 2.45) is 0 Å². The molecule has 2 rings (SSSR count). The SMILES string of the molecule is C=C/C=C(\C=C/CCl)C(C(C)c1ccc(O)cc1)N(C)C(=C)c1ccc(C(F)F)cc1OCC.CF.COCCNC=O. The standard InChI is InChI=1S/C28H32ClF2NO2.C4H9NO2.CH3F/c1-6-9-22(10-8-17-29)27(19(3)21-11-14-24(33)15-12-21)32(5)20(4)25-16-13-23(28(30)31)18-26(25)34-7-2;1-7-3-2-5-4-6;1-2/h6,8-16,18-19,27-28,33H,1,4,7,17H2,2-3,5H3;4H,2-3H2,1H3,(H,5,6);1H3/b10-8-,22-9+;;. The molecule has 0 spiro atoms. The average molecular weight is 625 g/mol. The zero-order valence-electron chi connectivity index (χ0n) is 25.5. The van der Waals surface area contributed by atoms with Crippen molar-refractivity contribution >= 4 is 23.7 Å². The van der Waals surface area contributed by atoms with E-state index in [1.165, 1.54) is 12.1 Å². The van der Waals surface area contributed by atoms with Gasteiger partial charge in [-0.2, -0.15) is 0 Å². The summed E-state index contributed by atoms with van der Waals surface area (Å²) in [5.74, 6) is 0.862.